The first-order valence-corrected chi connectivity index (χ1v) is 5.73. The molecule has 1 aromatic carbocycles. The van der Waals surface area contributed by atoms with Gasteiger partial charge in [0, 0.05) is 12.1 Å². The first kappa shape index (κ1) is 12.9. The minimum atomic E-state index is -3.08. The van der Waals surface area contributed by atoms with Crippen LogP contribution < -0.4 is 15.2 Å². The summed E-state index contributed by atoms with van der Waals surface area (Å²) in [7, 11) is 0. The largest absolute Gasteiger partial charge is 0.491 e. The van der Waals surface area contributed by atoms with Crippen LogP contribution in [0, 0.1) is 11.7 Å². The molecule has 0 atom stereocenters. The fraction of sp³-hybridized carbons (Fsp3) is 0.500. The second-order valence-corrected chi connectivity index (χ2v) is 4.28. The van der Waals surface area contributed by atoms with E-state index in [2.05, 4.69) is 4.74 Å². The van der Waals surface area contributed by atoms with Gasteiger partial charge in [0.05, 0.1) is 12.3 Å². The predicted molar refractivity (Wildman–Crippen MR) is 60.3 cm³/mol. The third-order valence-corrected chi connectivity index (χ3v) is 2.76. The number of nitrogen functional groups attached to an aromatic ring is 1. The number of hydrogen-bond acceptors (Lipinski definition) is 3. The van der Waals surface area contributed by atoms with Crippen molar-refractivity contribution in [3.63, 3.8) is 0 Å². The van der Waals surface area contributed by atoms with Crippen LogP contribution in [0.2, 0.25) is 0 Å². The van der Waals surface area contributed by atoms with Gasteiger partial charge in [-0.3, -0.25) is 0 Å². The van der Waals surface area contributed by atoms with Gasteiger partial charge in [-0.15, -0.1) is 0 Å². The third kappa shape index (κ3) is 3.45. The highest BCUT2D eigenvalue weighted by Gasteiger charge is 2.21. The Morgan fingerprint density at radius 3 is 2.61 bits per heavy atom. The van der Waals surface area contributed by atoms with Crippen molar-refractivity contribution in [2.45, 2.75) is 25.9 Å². The van der Waals surface area contributed by atoms with Crippen LogP contribution in [0.4, 0.5) is 18.9 Å². The molecule has 1 saturated carbocycles. The van der Waals surface area contributed by atoms with E-state index in [1.807, 2.05) is 0 Å². The van der Waals surface area contributed by atoms with Crippen LogP contribution in [0.15, 0.2) is 12.1 Å². The molecule has 1 fully saturated rings. The molecule has 1 aliphatic carbocycles. The molecule has 0 aromatic heterocycles. The maximum atomic E-state index is 13.3. The van der Waals surface area contributed by atoms with Gasteiger partial charge >= 0.3 is 6.61 Å². The highest BCUT2D eigenvalue weighted by molar-refractivity contribution is 5.56. The zero-order valence-corrected chi connectivity index (χ0v) is 9.67. The normalized spacial score (nSPS) is 14.9. The van der Waals surface area contributed by atoms with E-state index in [9.17, 15) is 13.2 Å². The summed E-state index contributed by atoms with van der Waals surface area (Å²) in [6, 6.07) is 1.98. The molecule has 6 heteroatoms. The molecule has 0 aliphatic heterocycles. The summed E-state index contributed by atoms with van der Waals surface area (Å²) >= 11 is 0. The molecule has 0 radical (unpaired) electrons. The fourth-order valence-corrected chi connectivity index (χ4v) is 1.60. The molecule has 2 rings (SSSR count). The topological polar surface area (TPSA) is 44.5 Å². The Kier molecular flexibility index (Phi) is 3.84. The number of ether oxygens (including phenoxy) is 2. The maximum Gasteiger partial charge on any atom is 0.387 e. The van der Waals surface area contributed by atoms with Crippen LogP contribution in [0.3, 0.4) is 0 Å². The second kappa shape index (κ2) is 5.37. The van der Waals surface area contributed by atoms with Gasteiger partial charge in [-0.1, -0.05) is 12.8 Å². The molecule has 0 unspecified atom stereocenters. The Morgan fingerprint density at radius 1 is 1.28 bits per heavy atom. The lowest BCUT2D eigenvalue weighted by Gasteiger charge is -2.12. The SMILES string of the molecule is Nc1cc(F)c(OC(F)F)cc1OCCC1CC1. The van der Waals surface area contributed by atoms with Crippen molar-refractivity contribution >= 4 is 5.69 Å². The predicted octanol–water partition coefficient (Wildman–Crippen LogP) is 3.19. The van der Waals surface area contributed by atoms with Crippen molar-refractivity contribution in [2.75, 3.05) is 12.3 Å². The summed E-state index contributed by atoms with van der Waals surface area (Å²) in [5.41, 5.74) is 5.62. The highest BCUT2D eigenvalue weighted by Crippen LogP contribution is 2.34. The quantitative estimate of drug-likeness (QED) is 0.800. The molecule has 100 valence electrons. The van der Waals surface area contributed by atoms with Crippen LogP contribution in [0.25, 0.3) is 0 Å². The molecule has 0 amide bonds. The molecule has 18 heavy (non-hydrogen) atoms. The molecular formula is C12H14F3NO2. The van der Waals surface area contributed by atoms with Crippen molar-refractivity contribution in [3.8, 4) is 11.5 Å². The lowest BCUT2D eigenvalue weighted by atomic mass is 10.2. The molecule has 1 aromatic rings. The second-order valence-electron chi connectivity index (χ2n) is 4.28. The van der Waals surface area contributed by atoms with E-state index in [0.717, 1.165) is 18.6 Å². The molecule has 0 spiro atoms. The zero-order valence-electron chi connectivity index (χ0n) is 9.67. The van der Waals surface area contributed by atoms with Gasteiger partial charge < -0.3 is 15.2 Å². The molecule has 2 N–H and O–H groups in total. The van der Waals surface area contributed by atoms with Crippen molar-refractivity contribution in [1.29, 1.82) is 0 Å². The average molecular weight is 261 g/mol. The number of anilines is 1. The number of halogens is 3. The Balaban J connectivity index is 2.02. The molecule has 3 nitrogen and oxygen atoms in total. The molecule has 0 saturated heterocycles. The third-order valence-electron chi connectivity index (χ3n) is 2.76. The maximum absolute atomic E-state index is 13.3. The summed E-state index contributed by atoms with van der Waals surface area (Å²) in [5, 5.41) is 0. The van der Waals surface area contributed by atoms with Gasteiger partial charge in [-0.2, -0.15) is 8.78 Å². The van der Waals surface area contributed by atoms with Gasteiger partial charge in [-0.05, 0) is 12.3 Å². The van der Waals surface area contributed by atoms with E-state index in [-0.39, 0.29) is 11.4 Å². The molecule has 1 aliphatic rings. The van der Waals surface area contributed by atoms with Crippen molar-refractivity contribution in [3.05, 3.63) is 17.9 Å². The van der Waals surface area contributed by atoms with E-state index < -0.39 is 18.2 Å². The first-order chi connectivity index (χ1) is 8.56. The van der Waals surface area contributed by atoms with Crippen LogP contribution in [-0.2, 0) is 0 Å². The van der Waals surface area contributed by atoms with Gasteiger partial charge in [0.2, 0.25) is 0 Å². The monoisotopic (exact) mass is 261 g/mol. The van der Waals surface area contributed by atoms with E-state index in [4.69, 9.17) is 10.5 Å². The van der Waals surface area contributed by atoms with Crippen molar-refractivity contribution in [1.82, 2.24) is 0 Å². The van der Waals surface area contributed by atoms with Gasteiger partial charge in [0.25, 0.3) is 0 Å². The Morgan fingerprint density at radius 2 is 2.00 bits per heavy atom. The van der Waals surface area contributed by atoms with Gasteiger partial charge in [-0.25, -0.2) is 4.39 Å². The molecule has 0 heterocycles. The fourth-order valence-electron chi connectivity index (χ4n) is 1.60. The van der Waals surface area contributed by atoms with Crippen LogP contribution >= 0.6 is 0 Å². The Hall–Kier alpha value is -1.59. The number of nitrogens with two attached hydrogens (primary N) is 1. The first-order valence-electron chi connectivity index (χ1n) is 5.73. The lowest BCUT2D eigenvalue weighted by Crippen LogP contribution is -2.06. The summed E-state index contributed by atoms with van der Waals surface area (Å²) in [4.78, 5) is 0. The lowest BCUT2D eigenvalue weighted by molar-refractivity contribution is -0.0522. The smallest absolute Gasteiger partial charge is 0.387 e. The van der Waals surface area contributed by atoms with Crippen molar-refractivity contribution in [2.24, 2.45) is 5.92 Å². The number of rotatable bonds is 6. The van der Waals surface area contributed by atoms with E-state index in [0.29, 0.717) is 12.5 Å². The van der Waals surface area contributed by atoms with E-state index >= 15 is 0 Å². The minimum Gasteiger partial charge on any atom is -0.491 e. The Labute approximate surface area is 103 Å². The summed E-state index contributed by atoms with van der Waals surface area (Å²) in [6.07, 6.45) is 3.28. The van der Waals surface area contributed by atoms with E-state index in [1.54, 1.807) is 0 Å². The van der Waals surface area contributed by atoms with Gasteiger partial charge in [0.15, 0.2) is 11.6 Å². The van der Waals surface area contributed by atoms with Crippen LogP contribution in [-0.4, -0.2) is 13.2 Å². The molecule has 0 bridgehead atoms. The van der Waals surface area contributed by atoms with E-state index in [1.165, 1.54) is 12.8 Å². The van der Waals surface area contributed by atoms with Crippen LogP contribution in [0.5, 0.6) is 11.5 Å². The number of hydrogen-bond donors (Lipinski definition) is 1. The number of alkyl halides is 2. The minimum absolute atomic E-state index is 0.0740. The number of benzene rings is 1. The standard InChI is InChI=1S/C12H14F3NO2/c13-8-5-9(16)11(6-10(8)18-12(14)15)17-4-3-7-1-2-7/h5-7,12H,1-4,16H2. The summed E-state index contributed by atoms with van der Waals surface area (Å²) < 4.78 is 46.7. The van der Waals surface area contributed by atoms with Gasteiger partial charge in [0.1, 0.15) is 5.75 Å². The average Bonchev–Trinajstić information content (AvgIpc) is 3.08. The highest BCUT2D eigenvalue weighted by atomic mass is 19.3. The summed E-state index contributed by atoms with van der Waals surface area (Å²) in [5.74, 6) is -0.626. The Bertz CT molecular complexity index is 422. The molecular weight excluding hydrogens is 247 g/mol. The van der Waals surface area contributed by atoms with Crippen molar-refractivity contribution < 1.29 is 22.6 Å². The van der Waals surface area contributed by atoms with Crippen LogP contribution in [0.1, 0.15) is 19.3 Å². The summed E-state index contributed by atoms with van der Waals surface area (Å²) in [6.45, 7) is -2.64. The zero-order chi connectivity index (χ0) is 13.1.